The first-order chi connectivity index (χ1) is 9.61. The summed E-state index contributed by atoms with van der Waals surface area (Å²) in [4.78, 5) is 12.5. The fourth-order valence-corrected chi connectivity index (χ4v) is 2.86. The van der Waals surface area contributed by atoms with Crippen molar-refractivity contribution in [3.05, 3.63) is 28.2 Å². The highest BCUT2D eigenvalue weighted by atomic mass is 32.2. The van der Waals surface area contributed by atoms with Crippen LogP contribution < -0.4 is 10.7 Å². The quantitative estimate of drug-likeness (QED) is 0.661. The van der Waals surface area contributed by atoms with E-state index in [9.17, 15) is 4.79 Å². The third-order valence-electron chi connectivity index (χ3n) is 2.25. The molecule has 106 valence electrons. The van der Waals surface area contributed by atoms with Gasteiger partial charge >= 0.3 is 0 Å². The number of carbonyl (C=O) groups is 1. The van der Waals surface area contributed by atoms with E-state index < -0.39 is 0 Å². The third kappa shape index (κ3) is 3.56. The fourth-order valence-electron chi connectivity index (χ4n) is 1.40. The highest BCUT2D eigenvalue weighted by Gasteiger charge is 2.12. The molecule has 2 N–H and O–H groups in total. The van der Waals surface area contributed by atoms with Gasteiger partial charge in [0.15, 0.2) is 5.11 Å². The predicted molar refractivity (Wildman–Crippen MR) is 84.9 cm³/mol. The molecule has 0 radical (unpaired) electrons. The molecule has 6 nitrogen and oxygen atoms in total. The Kier molecular flexibility index (Phi) is 5.10. The minimum Gasteiger partial charge on any atom is -0.297 e. The zero-order valence-electron chi connectivity index (χ0n) is 10.9. The number of hydrogen-bond acceptors (Lipinski definition) is 6. The summed E-state index contributed by atoms with van der Waals surface area (Å²) in [5.41, 5.74) is 2.91. The van der Waals surface area contributed by atoms with Crippen LogP contribution in [0.3, 0.4) is 0 Å². The van der Waals surface area contributed by atoms with Crippen LogP contribution in [0.5, 0.6) is 0 Å². The molecule has 0 aromatic carbocycles. The number of thiocarbonyl (C=S) groups is 1. The molecular weight excluding hydrogens is 314 g/mol. The van der Waals surface area contributed by atoms with E-state index in [2.05, 4.69) is 20.9 Å². The highest BCUT2D eigenvalue weighted by Crippen LogP contribution is 2.14. The molecule has 0 saturated heterocycles. The maximum absolute atomic E-state index is 11.9. The summed E-state index contributed by atoms with van der Waals surface area (Å²) in [6.07, 6.45) is 0. The smallest absolute Gasteiger partial charge is 0.267 e. The van der Waals surface area contributed by atoms with Crippen LogP contribution in [0.2, 0.25) is 0 Å². The van der Waals surface area contributed by atoms with Gasteiger partial charge in [0.1, 0.15) is 5.82 Å². The molecule has 0 unspecified atom stereocenters. The Morgan fingerprint density at radius 2 is 2.35 bits per heavy atom. The van der Waals surface area contributed by atoms with Crippen molar-refractivity contribution in [2.24, 2.45) is 0 Å². The van der Waals surface area contributed by atoms with Crippen molar-refractivity contribution in [1.82, 2.24) is 20.2 Å². The predicted octanol–water partition coefficient (Wildman–Crippen LogP) is 2.02. The molecule has 0 aliphatic rings. The zero-order chi connectivity index (χ0) is 14.5. The van der Waals surface area contributed by atoms with Crippen LogP contribution in [0.15, 0.2) is 22.7 Å². The van der Waals surface area contributed by atoms with Gasteiger partial charge in [-0.3, -0.25) is 15.5 Å². The normalized spacial score (nSPS) is 10.3. The van der Waals surface area contributed by atoms with Gasteiger partial charge in [-0.2, -0.15) is 0 Å². The standard InChI is InChI=1S/C11H13N5OS3/c1-3-19-11-14-13-7(2)16(11)15-10(18)12-9(17)8-5-4-6-20-8/h4-6H,3H2,1-2H3,(H2,12,15,17,18). The third-order valence-corrected chi connectivity index (χ3v) is 4.13. The lowest BCUT2D eigenvalue weighted by Crippen LogP contribution is -2.38. The van der Waals surface area contributed by atoms with E-state index in [1.165, 1.54) is 23.1 Å². The average Bonchev–Trinajstić information content (AvgIpc) is 3.04. The summed E-state index contributed by atoms with van der Waals surface area (Å²) in [5.74, 6) is 1.32. The second-order valence-electron chi connectivity index (χ2n) is 3.67. The number of amides is 1. The van der Waals surface area contributed by atoms with E-state index in [1.807, 2.05) is 25.3 Å². The zero-order valence-corrected chi connectivity index (χ0v) is 13.4. The van der Waals surface area contributed by atoms with E-state index in [4.69, 9.17) is 12.2 Å². The lowest BCUT2D eigenvalue weighted by atomic mass is 10.4. The number of thiophene rings is 1. The largest absolute Gasteiger partial charge is 0.297 e. The molecule has 0 saturated carbocycles. The fraction of sp³-hybridized carbons (Fsp3) is 0.273. The number of nitrogens with zero attached hydrogens (tertiary/aromatic N) is 3. The average molecular weight is 327 g/mol. The van der Waals surface area contributed by atoms with Gasteiger partial charge in [0.25, 0.3) is 5.91 Å². The van der Waals surface area contributed by atoms with Gasteiger partial charge in [0.2, 0.25) is 5.16 Å². The number of aryl methyl sites for hydroxylation is 1. The minimum absolute atomic E-state index is 0.212. The SMILES string of the molecule is CCSc1nnc(C)n1NC(=S)NC(=O)c1cccs1. The van der Waals surface area contributed by atoms with E-state index in [-0.39, 0.29) is 11.0 Å². The van der Waals surface area contributed by atoms with Crippen molar-refractivity contribution in [3.63, 3.8) is 0 Å². The molecule has 9 heteroatoms. The molecule has 0 aliphatic carbocycles. The minimum atomic E-state index is -0.229. The number of rotatable bonds is 4. The van der Waals surface area contributed by atoms with E-state index in [0.29, 0.717) is 15.9 Å². The van der Waals surface area contributed by atoms with Crippen molar-refractivity contribution in [2.45, 2.75) is 19.0 Å². The second kappa shape index (κ2) is 6.82. The summed E-state index contributed by atoms with van der Waals surface area (Å²) in [6.45, 7) is 3.83. The van der Waals surface area contributed by atoms with Crippen LogP contribution in [-0.4, -0.2) is 31.6 Å². The molecule has 2 heterocycles. The van der Waals surface area contributed by atoms with Crippen LogP contribution in [-0.2, 0) is 0 Å². The number of carbonyl (C=O) groups excluding carboxylic acids is 1. The Morgan fingerprint density at radius 1 is 1.55 bits per heavy atom. The van der Waals surface area contributed by atoms with E-state index in [1.54, 1.807) is 10.7 Å². The summed E-state index contributed by atoms with van der Waals surface area (Å²) in [7, 11) is 0. The maximum atomic E-state index is 11.9. The molecule has 0 atom stereocenters. The van der Waals surface area contributed by atoms with Crippen LogP contribution in [0, 0.1) is 6.92 Å². The molecule has 2 aromatic heterocycles. The van der Waals surface area contributed by atoms with E-state index in [0.717, 1.165) is 5.75 Å². The van der Waals surface area contributed by atoms with Crippen molar-refractivity contribution in [1.29, 1.82) is 0 Å². The number of hydrogen-bond donors (Lipinski definition) is 2. The van der Waals surface area contributed by atoms with Gasteiger partial charge in [-0.25, -0.2) is 4.68 Å². The molecule has 2 aromatic rings. The molecule has 0 spiro atoms. The Hall–Kier alpha value is -1.45. The van der Waals surface area contributed by atoms with Crippen LogP contribution in [0.1, 0.15) is 22.4 Å². The number of thioether (sulfide) groups is 1. The first-order valence-corrected chi connectivity index (χ1v) is 8.09. The van der Waals surface area contributed by atoms with Crippen molar-refractivity contribution < 1.29 is 4.79 Å². The first kappa shape index (κ1) is 14.9. The Balaban J connectivity index is 2.01. The topological polar surface area (TPSA) is 71.8 Å². The molecule has 0 fully saturated rings. The lowest BCUT2D eigenvalue weighted by Gasteiger charge is -2.12. The summed E-state index contributed by atoms with van der Waals surface area (Å²) >= 11 is 8.03. The van der Waals surface area contributed by atoms with Gasteiger partial charge in [0.05, 0.1) is 4.88 Å². The Bertz CT molecular complexity index is 608. The van der Waals surface area contributed by atoms with Crippen molar-refractivity contribution in [3.8, 4) is 0 Å². The Labute approximate surface area is 129 Å². The highest BCUT2D eigenvalue weighted by molar-refractivity contribution is 7.99. The Morgan fingerprint density at radius 3 is 3.00 bits per heavy atom. The number of aromatic nitrogens is 3. The second-order valence-corrected chi connectivity index (χ2v) is 6.26. The van der Waals surface area contributed by atoms with Crippen LogP contribution >= 0.6 is 35.3 Å². The molecule has 0 aliphatic heterocycles. The molecule has 2 rings (SSSR count). The lowest BCUT2D eigenvalue weighted by molar-refractivity contribution is 0.0981. The molecule has 0 bridgehead atoms. The summed E-state index contributed by atoms with van der Waals surface area (Å²) in [6, 6.07) is 3.56. The molecule has 20 heavy (non-hydrogen) atoms. The van der Waals surface area contributed by atoms with E-state index >= 15 is 0 Å². The van der Waals surface area contributed by atoms with Crippen molar-refractivity contribution >= 4 is 46.3 Å². The van der Waals surface area contributed by atoms with Gasteiger partial charge in [-0.15, -0.1) is 21.5 Å². The number of nitrogens with one attached hydrogen (secondary N) is 2. The van der Waals surface area contributed by atoms with Crippen LogP contribution in [0.4, 0.5) is 0 Å². The van der Waals surface area contributed by atoms with Gasteiger partial charge in [-0.05, 0) is 36.3 Å². The molecule has 1 amide bonds. The maximum Gasteiger partial charge on any atom is 0.267 e. The summed E-state index contributed by atoms with van der Waals surface area (Å²) < 4.78 is 1.66. The van der Waals surface area contributed by atoms with Gasteiger partial charge < -0.3 is 0 Å². The van der Waals surface area contributed by atoms with Crippen LogP contribution in [0.25, 0.3) is 0 Å². The van der Waals surface area contributed by atoms with Gasteiger partial charge in [0, 0.05) is 0 Å². The monoisotopic (exact) mass is 327 g/mol. The van der Waals surface area contributed by atoms with Gasteiger partial charge in [-0.1, -0.05) is 24.8 Å². The first-order valence-electron chi connectivity index (χ1n) is 5.82. The molecular formula is C11H13N5OS3. The van der Waals surface area contributed by atoms with Crippen molar-refractivity contribution in [2.75, 3.05) is 11.2 Å². The summed E-state index contributed by atoms with van der Waals surface area (Å²) in [5, 5.41) is 13.4.